The molecule has 2 heterocycles. The van der Waals surface area contributed by atoms with Crippen LogP contribution in [0, 0.1) is 0 Å². The van der Waals surface area contributed by atoms with Crippen molar-refractivity contribution in [2.75, 3.05) is 18.0 Å². The lowest BCUT2D eigenvalue weighted by atomic mass is 10.2. The van der Waals surface area contributed by atoms with Crippen LogP contribution in [0.25, 0.3) is 0 Å². The normalized spacial score (nSPS) is 23.3. The van der Waals surface area contributed by atoms with E-state index in [1.54, 1.807) is 29.2 Å². The van der Waals surface area contributed by atoms with Crippen LogP contribution in [0.4, 0.5) is 11.4 Å². The zero-order valence-electron chi connectivity index (χ0n) is 12.8. The molecule has 1 aromatic carbocycles. The lowest BCUT2D eigenvalue weighted by Gasteiger charge is -2.20. The molecule has 126 valence electrons. The molecule has 0 aliphatic carbocycles. The van der Waals surface area contributed by atoms with E-state index in [2.05, 4.69) is 15.5 Å². The van der Waals surface area contributed by atoms with Crippen molar-refractivity contribution >= 4 is 45.9 Å². The van der Waals surface area contributed by atoms with Gasteiger partial charge >= 0.3 is 0 Å². The van der Waals surface area contributed by atoms with E-state index in [1.807, 2.05) is 11.6 Å². The average molecular weight is 363 g/mol. The number of benzene rings is 1. The topological polar surface area (TPSA) is 100 Å². The van der Waals surface area contributed by atoms with E-state index in [0.717, 1.165) is 5.75 Å². The number of hydrogen-bond acceptors (Lipinski definition) is 8. The van der Waals surface area contributed by atoms with Gasteiger partial charge in [-0.15, -0.1) is 0 Å². The van der Waals surface area contributed by atoms with E-state index >= 15 is 0 Å². The second-order valence-electron chi connectivity index (χ2n) is 5.30. The summed E-state index contributed by atoms with van der Waals surface area (Å²) in [5.74, 6) is 0.581. The maximum atomic E-state index is 12.1. The van der Waals surface area contributed by atoms with Gasteiger partial charge in [0.05, 0.1) is 18.3 Å². The van der Waals surface area contributed by atoms with Gasteiger partial charge in [0.15, 0.2) is 5.50 Å². The summed E-state index contributed by atoms with van der Waals surface area (Å²) < 4.78 is 0. The van der Waals surface area contributed by atoms with Gasteiger partial charge in [0.1, 0.15) is 0 Å². The SMILES string of the molecule is Nc1ccc(N=NC2SC=CN2CC(=O)NC2CCSC2=O)cc1. The molecular weight excluding hydrogens is 346 g/mol. The van der Waals surface area contributed by atoms with Gasteiger partial charge in [-0.05, 0) is 36.1 Å². The zero-order valence-corrected chi connectivity index (χ0v) is 14.4. The van der Waals surface area contributed by atoms with Gasteiger partial charge in [-0.25, -0.2) is 0 Å². The zero-order chi connectivity index (χ0) is 16.9. The molecule has 1 aromatic rings. The first-order chi connectivity index (χ1) is 11.6. The summed E-state index contributed by atoms with van der Waals surface area (Å²) in [6.07, 6.45) is 2.50. The molecule has 2 atom stereocenters. The van der Waals surface area contributed by atoms with Crippen LogP contribution in [0.2, 0.25) is 0 Å². The van der Waals surface area contributed by atoms with Crippen LogP contribution in [0.15, 0.2) is 46.1 Å². The van der Waals surface area contributed by atoms with Crippen molar-refractivity contribution in [1.82, 2.24) is 10.2 Å². The lowest BCUT2D eigenvalue weighted by Crippen LogP contribution is -2.43. The number of amides is 1. The van der Waals surface area contributed by atoms with Crippen molar-refractivity contribution in [2.24, 2.45) is 10.2 Å². The molecule has 0 saturated carbocycles. The molecule has 2 aliphatic heterocycles. The summed E-state index contributed by atoms with van der Waals surface area (Å²) in [5.41, 5.74) is 6.72. The van der Waals surface area contributed by atoms with E-state index in [4.69, 9.17) is 5.73 Å². The van der Waals surface area contributed by atoms with Crippen molar-refractivity contribution in [3.05, 3.63) is 35.9 Å². The maximum absolute atomic E-state index is 12.1. The molecule has 2 aliphatic rings. The van der Waals surface area contributed by atoms with Crippen LogP contribution in [0.3, 0.4) is 0 Å². The monoisotopic (exact) mass is 363 g/mol. The quantitative estimate of drug-likeness (QED) is 0.615. The van der Waals surface area contributed by atoms with Gasteiger partial charge in [0.2, 0.25) is 11.0 Å². The van der Waals surface area contributed by atoms with Gasteiger partial charge in [-0.2, -0.15) is 10.2 Å². The molecule has 0 radical (unpaired) electrons. The Morgan fingerprint density at radius 1 is 1.38 bits per heavy atom. The molecular formula is C15H17N5O2S2. The molecule has 24 heavy (non-hydrogen) atoms. The first-order valence-electron chi connectivity index (χ1n) is 7.42. The third-order valence-electron chi connectivity index (χ3n) is 3.50. The van der Waals surface area contributed by atoms with Crippen molar-refractivity contribution in [2.45, 2.75) is 18.0 Å². The van der Waals surface area contributed by atoms with E-state index < -0.39 is 0 Å². The van der Waals surface area contributed by atoms with Crippen LogP contribution in [0.1, 0.15) is 6.42 Å². The lowest BCUT2D eigenvalue weighted by molar-refractivity contribution is -0.125. The number of carbonyl (C=O) groups excluding carboxylic acids is 2. The highest BCUT2D eigenvalue weighted by Gasteiger charge is 2.28. The van der Waals surface area contributed by atoms with E-state index in [9.17, 15) is 9.59 Å². The van der Waals surface area contributed by atoms with Crippen molar-refractivity contribution in [1.29, 1.82) is 0 Å². The van der Waals surface area contributed by atoms with E-state index in [1.165, 1.54) is 23.5 Å². The van der Waals surface area contributed by atoms with Gasteiger partial charge in [0.25, 0.3) is 0 Å². The van der Waals surface area contributed by atoms with E-state index in [-0.39, 0.29) is 29.1 Å². The third kappa shape index (κ3) is 4.30. The molecule has 1 amide bonds. The second kappa shape index (κ2) is 7.71. The molecule has 0 spiro atoms. The Labute approximate surface area is 148 Å². The highest BCUT2D eigenvalue weighted by atomic mass is 32.2. The van der Waals surface area contributed by atoms with Crippen LogP contribution < -0.4 is 11.1 Å². The third-order valence-corrected chi connectivity index (χ3v) is 5.39. The molecule has 3 N–H and O–H groups in total. The molecule has 2 unspecified atom stereocenters. The predicted molar refractivity (Wildman–Crippen MR) is 96.6 cm³/mol. The number of thioether (sulfide) groups is 2. The number of rotatable bonds is 5. The predicted octanol–water partition coefficient (Wildman–Crippen LogP) is 2.30. The van der Waals surface area contributed by atoms with Gasteiger partial charge in [0, 0.05) is 17.6 Å². The molecule has 0 aromatic heterocycles. The fourth-order valence-electron chi connectivity index (χ4n) is 2.25. The van der Waals surface area contributed by atoms with Crippen molar-refractivity contribution in [3.8, 4) is 0 Å². The average Bonchev–Trinajstić information content (AvgIpc) is 3.16. The summed E-state index contributed by atoms with van der Waals surface area (Å²) in [6.45, 7) is 0.142. The molecule has 3 rings (SSSR count). The Bertz CT molecular complexity index is 677. The molecule has 9 heteroatoms. The maximum Gasteiger partial charge on any atom is 0.240 e. The number of carbonyl (C=O) groups is 2. The number of nitrogens with two attached hydrogens (primary N) is 1. The summed E-state index contributed by atoms with van der Waals surface area (Å²) in [6, 6.07) is 6.72. The summed E-state index contributed by atoms with van der Waals surface area (Å²) in [4.78, 5) is 25.5. The van der Waals surface area contributed by atoms with Gasteiger partial charge in [-0.3, -0.25) is 9.59 Å². The number of hydrogen-bond donors (Lipinski definition) is 2. The number of nitrogen functional groups attached to an aromatic ring is 1. The molecule has 0 bridgehead atoms. The standard InChI is InChI=1S/C15H17N5O2S2/c16-10-1-3-11(4-2-10)18-19-15-20(6-8-24-15)9-13(21)17-12-5-7-23-14(12)22/h1-4,6,8,12,15H,5,7,9,16H2,(H,17,21). The highest BCUT2D eigenvalue weighted by Crippen LogP contribution is 2.27. The number of azo groups is 1. The van der Waals surface area contributed by atoms with Gasteiger partial charge < -0.3 is 16.0 Å². The second-order valence-corrected chi connectivity index (χ2v) is 7.37. The molecule has 1 fully saturated rings. The summed E-state index contributed by atoms with van der Waals surface area (Å²) in [5, 5.41) is 13.1. The minimum Gasteiger partial charge on any atom is -0.399 e. The smallest absolute Gasteiger partial charge is 0.240 e. The fraction of sp³-hybridized carbons (Fsp3) is 0.333. The number of anilines is 1. The minimum atomic E-state index is -0.364. The Morgan fingerprint density at radius 2 is 2.17 bits per heavy atom. The Hall–Kier alpha value is -2.00. The Balaban J connectivity index is 1.54. The molecule has 1 saturated heterocycles. The van der Waals surface area contributed by atoms with Crippen LogP contribution in [-0.4, -0.2) is 39.8 Å². The first-order valence-corrected chi connectivity index (χ1v) is 9.35. The van der Waals surface area contributed by atoms with Crippen LogP contribution in [0.5, 0.6) is 0 Å². The fourth-order valence-corrected chi connectivity index (χ4v) is 3.95. The van der Waals surface area contributed by atoms with Gasteiger partial charge in [-0.1, -0.05) is 23.5 Å². The summed E-state index contributed by atoms with van der Waals surface area (Å²) >= 11 is 2.74. The van der Waals surface area contributed by atoms with Crippen molar-refractivity contribution in [3.63, 3.8) is 0 Å². The first kappa shape index (κ1) is 16.8. The van der Waals surface area contributed by atoms with E-state index in [0.29, 0.717) is 17.8 Å². The van der Waals surface area contributed by atoms with Crippen LogP contribution in [-0.2, 0) is 9.59 Å². The van der Waals surface area contributed by atoms with Crippen molar-refractivity contribution < 1.29 is 9.59 Å². The largest absolute Gasteiger partial charge is 0.399 e. The number of nitrogens with zero attached hydrogens (tertiary/aromatic N) is 3. The van der Waals surface area contributed by atoms with Crippen LogP contribution >= 0.6 is 23.5 Å². The molecule has 7 nitrogen and oxygen atoms in total. The number of nitrogens with one attached hydrogen (secondary N) is 1. The highest BCUT2D eigenvalue weighted by molar-refractivity contribution is 8.14. The minimum absolute atomic E-state index is 0.0364. The Kier molecular flexibility index (Phi) is 5.41. The summed E-state index contributed by atoms with van der Waals surface area (Å²) in [7, 11) is 0. The Morgan fingerprint density at radius 3 is 2.88 bits per heavy atom.